The van der Waals surface area contributed by atoms with E-state index in [1.54, 1.807) is 37.4 Å². The molecule has 1 aliphatic rings. The van der Waals surface area contributed by atoms with Gasteiger partial charge in [0.05, 0.1) is 22.4 Å². The zero-order chi connectivity index (χ0) is 25.1. The van der Waals surface area contributed by atoms with E-state index in [1.807, 2.05) is 18.4 Å². The number of aromatic nitrogens is 1. The van der Waals surface area contributed by atoms with Gasteiger partial charge in [-0.1, -0.05) is 12.1 Å². The lowest BCUT2D eigenvalue weighted by Crippen LogP contribution is -2.29. The number of carbonyl (C=O) groups is 4. The molecule has 35 heavy (non-hydrogen) atoms. The molecule has 0 N–H and O–H groups in total. The number of nitrogens with zero attached hydrogens (tertiary/aromatic N) is 2. The molecule has 0 saturated heterocycles. The fourth-order valence-corrected chi connectivity index (χ4v) is 4.26. The number of benzene rings is 2. The molecule has 8 heteroatoms. The molecule has 1 aliphatic heterocycles. The van der Waals surface area contributed by atoms with Gasteiger partial charge in [-0.2, -0.15) is 0 Å². The third-order valence-electron chi connectivity index (χ3n) is 6.09. The first-order chi connectivity index (χ1) is 16.8. The first kappa shape index (κ1) is 24.1. The number of methoxy groups -OCH3 is 1. The van der Waals surface area contributed by atoms with Gasteiger partial charge >= 0.3 is 5.97 Å². The second-order valence-corrected chi connectivity index (χ2v) is 8.32. The summed E-state index contributed by atoms with van der Waals surface area (Å²) >= 11 is 0. The summed E-state index contributed by atoms with van der Waals surface area (Å²) in [5, 5.41) is 0. The summed E-state index contributed by atoms with van der Waals surface area (Å²) in [6.07, 6.45) is 0.826. The fourth-order valence-electron chi connectivity index (χ4n) is 4.26. The lowest BCUT2D eigenvalue weighted by molar-refractivity contribution is 0.0474. The molecule has 1 aromatic heterocycles. The van der Waals surface area contributed by atoms with E-state index in [1.165, 1.54) is 24.3 Å². The number of carbonyl (C=O) groups excluding carboxylic acids is 4. The molecule has 0 spiro atoms. The molecule has 3 aromatic rings. The van der Waals surface area contributed by atoms with Gasteiger partial charge in [-0.25, -0.2) is 9.69 Å². The number of rotatable bonds is 9. The molecule has 180 valence electrons. The number of amides is 2. The number of hydrogen-bond acceptors (Lipinski definition) is 6. The van der Waals surface area contributed by atoms with E-state index in [2.05, 4.69) is 0 Å². The van der Waals surface area contributed by atoms with Crippen molar-refractivity contribution >= 4 is 29.3 Å². The van der Waals surface area contributed by atoms with Crippen LogP contribution in [0.25, 0.3) is 0 Å². The minimum atomic E-state index is -0.666. The minimum absolute atomic E-state index is 0.211. The van der Waals surface area contributed by atoms with Crippen molar-refractivity contribution in [2.45, 2.75) is 26.8 Å². The highest BCUT2D eigenvalue weighted by atomic mass is 16.5. The van der Waals surface area contributed by atoms with Gasteiger partial charge in [-0.05, 0) is 62.7 Å². The summed E-state index contributed by atoms with van der Waals surface area (Å²) in [4.78, 5) is 51.6. The van der Waals surface area contributed by atoms with Gasteiger partial charge in [0, 0.05) is 37.2 Å². The zero-order valence-corrected chi connectivity index (χ0v) is 19.9. The average molecular weight is 475 g/mol. The third kappa shape index (κ3) is 4.65. The second kappa shape index (κ2) is 10.1. The molecular formula is C27H26N2O6. The molecule has 2 amide bonds. The predicted molar refractivity (Wildman–Crippen MR) is 129 cm³/mol. The van der Waals surface area contributed by atoms with Crippen molar-refractivity contribution in [1.29, 1.82) is 0 Å². The first-order valence-corrected chi connectivity index (χ1v) is 11.3. The molecule has 0 unspecified atom stereocenters. The molecule has 0 saturated carbocycles. The number of anilines is 1. The quantitative estimate of drug-likeness (QED) is 0.202. The third-order valence-corrected chi connectivity index (χ3v) is 6.09. The van der Waals surface area contributed by atoms with Crippen LogP contribution in [-0.4, -0.2) is 48.5 Å². The normalized spacial score (nSPS) is 12.7. The predicted octanol–water partition coefficient (Wildman–Crippen LogP) is 3.98. The van der Waals surface area contributed by atoms with Crippen LogP contribution in [0.3, 0.4) is 0 Å². The van der Waals surface area contributed by atoms with Gasteiger partial charge < -0.3 is 14.0 Å². The van der Waals surface area contributed by atoms with Crippen LogP contribution in [-0.2, 0) is 16.0 Å². The Kier molecular flexibility index (Phi) is 6.93. The Hall–Kier alpha value is -4.04. The van der Waals surface area contributed by atoms with Gasteiger partial charge in [0.2, 0.25) is 5.78 Å². The Morgan fingerprint density at radius 1 is 0.914 bits per heavy atom. The number of imide groups is 1. The zero-order valence-electron chi connectivity index (χ0n) is 19.9. The number of ketones is 1. The van der Waals surface area contributed by atoms with Crippen LogP contribution >= 0.6 is 0 Å². The lowest BCUT2D eigenvalue weighted by Gasteiger charge is -2.14. The van der Waals surface area contributed by atoms with Gasteiger partial charge in [0.15, 0.2) is 6.61 Å². The Morgan fingerprint density at radius 2 is 1.54 bits per heavy atom. The summed E-state index contributed by atoms with van der Waals surface area (Å²) in [5.41, 5.74) is 3.55. The van der Waals surface area contributed by atoms with Crippen LogP contribution in [0.5, 0.6) is 0 Å². The Morgan fingerprint density at radius 3 is 2.14 bits per heavy atom. The van der Waals surface area contributed by atoms with Crippen molar-refractivity contribution in [1.82, 2.24) is 4.57 Å². The minimum Gasteiger partial charge on any atom is -0.454 e. The van der Waals surface area contributed by atoms with Gasteiger partial charge in [-0.3, -0.25) is 14.4 Å². The largest absolute Gasteiger partial charge is 0.454 e. The molecule has 8 nitrogen and oxygen atoms in total. The molecule has 0 bridgehead atoms. The summed E-state index contributed by atoms with van der Waals surface area (Å²) in [5.74, 6) is -1.77. The van der Waals surface area contributed by atoms with Crippen LogP contribution in [0, 0.1) is 13.8 Å². The van der Waals surface area contributed by atoms with Crippen LogP contribution in [0.1, 0.15) is 59.2 Å². The van der Waals surface area contributed by atoms with E-state index < -0.39 is 17.8 Å². The van der Waals surface area contributed by atoms with E-state index >= 15 is 0 Å². The molecule has 0 fully saturated rings. The Balaban J connectivity index is 1.39. The molecule has 2 aromatic carbocycles. The van der Waals surface area contributed by atoms with Crippen LogP contribution < -0.4 is 4.90 Å². The highest BCUT2D eigenvalue weighted by molar-refractivity contribution is 6.34. The first-order valence-electron chi connectivity index (χ1n) is 11.3. The number of ether oxygens (including phenoxy) is 2. The van der Waals surface area contributed by atoms with E-state index in [-0.39, 0.29) is 18.0 Å². The summed E-state index contributed by atoms with van der Waals surface area (Å²) in [7, 11) is 1.65. The average Bonchev–Trinajstić information content (AvgIpc) is 3.30. The number of aryl methyl sites for hydroxylation is 1. The molecule has 0 aliphatic carbocycles. The Bertz CT molecular complexity index is 1270. The highest BCUT2D eigenvalue weighted by Crippen LogP contribution is 2.28. The van der Waals surface area contributed by atoms with E-state index in [4.69, 9.17) is 9.47 Å². The van der Waals surface area contributed by atoms with Crippen molar-refractivity contribution in [2.75, 3.05) is 25.2 Å². The molecule has 0 radical (unpaired) electrons. The van der Waals surface area contributed by atoms with Gasteiger partial charge in [0.25, 0.3) is 11.8 Å². The van der Waals surface area contributed by atoms with Crippen molar-refractivity contribution in [3.63, 3.8) is 0 Å². The van der Waals surface area contributed by atoms with Gasteiger partial charge in [-0.15, -0.1) is 0 Å². The maximum atomic E-state index is 12.7. The molecular weight excluding hydrogens is 448 g/mol. The summed E-state index contributed by atoms with van der Waals surface area (Å²) in [6.45, 7) is 4.77. The van der Waals surface area contributed by atoms with E-state index in [9.17, 15) is 19.2 Å². The highest BCUT2D eigenvalue weighted by Gasteiger charge is 2.36. The fraction of sp³-hybridized carbons (Fsp3) is 0.259. The van der Waals surface area contributed by atoms with Crippen LogP contribution in [0.4, 0.5) is 5.69 Å². The second-order valence-electron chi connectivity index (χ2n) is 8.32. The van der Waals surface area contributed by atoms with Crippen molar-refractivity contribution in [2.24, 2.45) is 0 Å². The number of Topliss-reactive ketones (excluding diaryl/α,β-unsaturated/α-hetero) is 1. The van der Waals surface area contributed by atoms with Crippen molar-refractivity contribution in [3.05, 3.63) is 88.2 Å². The number of hydrogen-bond donors (Lipinski definition) is 0. The summed E-state index contributed by atoms with van der Waals surface area (Å²) in [6, 6.07) is 14.4. The maximum absolute atomic E-state index is 12.7. The number of fused-ring (bicyclic) bond motifs is 1. The molecule has 0 atom stereocenters. The van der Waals surface area contributed by atoms with Crippen LogP contribution in [0.2, 0.25) is 0 Å². The summed E-state index contributed by atoms with van der Waals surface area (Å²) < 4.78 is 12.4. The van der Waals surface area contributed by atoms with E-state index in [0.29, 0.717) is 29.0 Å². The number of esters is 1. The lowest BCUT2D eigenvalue weighted by atomic mass is 10.1. The maximum Gasteiger partial charge on any atom is 0.338 e. The van der Waals surface area contributed by atoms with Gasteiger partial charge in [0.1, 0.15) is 0 Å². The van der Waals surface area contributed by atoms with Crippen LogP contribution in [0.15, 0.2) is 54.6 Å². The van der Waals surface area contributed by atoms with Crippen molar-refractivity contribution in [3.8, 4) is 0 Å². The smallest absolute Gasteiger partial charge is 0.338 e. The molecule has 4 rings (SSSR count). The Labute approximate surface area is 203 Å². The van der Waals surface area contributed by atoms with E-state index in [0.717, 1.165) is 29.3 Å². The monoisotopic (exact) mass is 474 g/mol. The SMILES string of the molecule is COCCCn1c(C)cc(C(=O)COC(=O)c2ccc(N3C(=O)c4ccccc4C3=O)cc2)c1C. The topological polar surface area (TPSA) is 94.9 Å². The van der Waals surface area contributed by atoms with Crippen molar-refractivity contribution < 1.29 is 28.7 Å². The molecule has 2 heterocycles. The standard InChI is InChI=1S/C27H26N2O6/c1-17-15-23(18(2)28(17)13-6-14-34-3)24(30)16-35-27(33)19-9-11-20(12-10-19)29-25(31)21-7-4-5-8-22(21)26(29)32/h4-5,7-12,15H,6,13-14,16H2,1-3H3.